The molecule has 0 aliphatic heterocycles. The number of rotatable bonds is 3. The lowest BCUT2D eigenvalue weighted by molar-refractivity contribution is 0.773. The SMILES string of the molecule is CCCc1nc2c(CN)cccc2n1C. The predicted molar refractivity (Wildman–Crippen MR) is 62.6 cm³/mol. The van der Waals surface area contributed by atoms with Gasteiger partial charge >= 0.3 is 0 Å². The molecule has 1 heterocycles. The van der Waals surface area contributed by atoms with Crippen molar-refractivity contribution < 1.29 is 0 Å². The fourth-order valence-electron chi connectivity index (χ4n) is 1.93. The maximum Gasteiger partial charge on any atom is 0.109 e. The highest BCUT2D eigenvalue weighted by Crippen LogP contribution is 2.19. The van der Waals surface area contributed by atoms with E-state index in [0.717, 1.165) is 29.7 Å². The van der Waals surface area contributed by atoms with Crippen molar-refractivity contribution >= 4 is 11.0 Å². The van der Waals surface area contributed by atoms with Gasteiger partial charge in [-0.1, -0.05) is 19.1 Å². The summed E-state index contributed by atoms with van der Waals surface area (Å²) in [5.41, 5.74) is 9.07. The molecule has 0 saturated carbocycles. The predicted octanol–water partition coefficient (Wildman–Crippen LogP) is 1.98. The Labute approximate surface area is 89.9 Å². The third-order valence-electron chi connectivity index (χ3n) is 2.78. The molecule has 0 saturated heterocycles. The van der Waals surface area contributed by atoms with Gasteiger partial charge in [0, 0.05) is 20.0 Å². The summed E-state index contributed by atoms with van der Waals surface area (Å²) in [6.45, 7) is 2.73. The van der Waals surface area contributed by atoms with Crippen LogP contribution in [-0.4, -0.2) is 9.55 Å². The topological polar surface area (TPSA) is 43.8 Å². The van der Waals surface area contributed by atoms with Gasteiger partial charge in [-0.2, -0.15) is 0 Å². The van der Waals surface area contributed by atoms with Crippen LogP contribution in [0.25, 0.3) is 11.0 Å². The highest BCUT2D eigenvalue weighted by Gasteiger charge is 2.08. The number of nitrogens with two attached hydrogens (primary N) is 1. The van der Waals surface area contributed by atoms with Crippen molar-refractivity contribution in [2.75, 3.05) is 0 Å². The van der Waals surface area contributed by atoms with Crippen LogP contribution >= 0.6 is 0 Å². The first-order valence-corrected chi connectivity index (χ1v) is 5.41. The zero-order chi connectivity index (χ0) is 10.8. The fourth-order valence-corrected chi connectivity index (χ4v) is 1.93. The van der Waals surface area contributed by atoms with Crippen molar-refractivity contribution in [3.05, 3.63) is 29.6 Å². The molecule has 0 spiro atoms. The van der Waals surface area contributed by atoms with Gasteiger partial charge in [0.2, 0.25) is 0 Å². The number of aromatic nitrogens is 2. The Hall–Kier alpha value is -1.35. The highest BCUT2D eigenvalue weighted by molar-refractivity contribution is 5.79. The summed E-state index contributed by atoms with van der Waals surface area (Å²) < 4.78 is 2.16. The van der Waals surface area contributed by atoms with Crippen molar-refractivity contribution in [2.24, 2.45) is 12.8 Å². The number of aryl methyl sites for hydroxylation is 2. The second-order valence-electron chi connectivity index (χ2n) is 3.83. The minimum Gasteiger partial charge on any atom is -0.331 e. The molecule has 3 heteroatoms. The molecule has 1 aromatic carbocycles. The Morgan fingerprint density at radius 1 is 1.40 bits per heavy atom. The number of nitrogens with zero attached hydrogens (tertiary/aromatic N) is 2. The minimum atomic E-state index is 0.555. The zero-order valence-electron chi connectivity index (χ0n) is 9.33. The van der Waals surface area contributed by atoms with Gasteiger partial charge in [-0.15, -0.1) is 0 Å². The number of hydrogen-bond donors (Lipinski definition) is 1. The smallest absolute Gasteiger partial charge is 0.109 e. The number of para-hydroxylation sites is 1. The highest BCUT2D eigenvalue weighted by atomic mass is 15.1. The van der Waals surface area contributed by atoms with Crippen LogP contribution < -0.4 is 5.73 Å². The number of imidazole rings is 1. The number of fused-ring (bicyclic) bond motifs is 1. The molecular formula is C12H17N3. The first-order chi connectivity index (χ1) is 7.27. The van der Waals surface area contributed by atoms with Gasteiger partial charge in [0.25, 0.3) is 0 Å². The summed E-state index contributed by atoms with van der Waals surface area (Å²) in [5, 5.41) is 0. The number of hydrogen-bond acceptors (Lipinski definition) is 2. The molecule has 0 unspecified atom stereocenters. The van der Waals surface area contributed by atoms with E-state index in [1.54, 1.807) is 0 Å². The largest absolute Gasteiger partial charge is 0.331 e. The Bertz CT molecular complexity index is 471. The van der Waals surface area contributed by atoms with Crippen LogP contribution in [0.5, 0.6) is 0 Å². The van der Waals surface area contributed by atoms with Crippen LogP contribution in [0.15, 0.2) is 18.2 Å². The van der Waals surface area contributed by atoms with Gasteiger partial charge < -0.3 is 10.3 Å². The molecule has 1 aromatic heterocycles. The minimum absolute atomic E-state index is 0.555. The maximum atomic E-state index is 5.70. The van der Waals surface area contributed by atoms with E-state index in [1.807, 2.05) is 12.1 Å². The van der Waals surface area contributed by atoms with Gasteiger partial charge in [-0.05, 0) is 18.1 Å². The molecule has 0 atom stereocenters. The molecular weight excluding hydrogens is 186 g/mol. The normalized spacial score (nSPS) is 11.1. The van der Waals surface area contributed by atoms with Crippen LogP contribution in [0.1, 0.15) is 24.7 Å². The average molecular weight is 203 g/mol. The van der Waals surface area contributed by atoms with Crippen molar-refractivity contribution in [1.82, 2.24) is 9.55 Å². The van der Waals surface area contributed by atoms with Crippen LogP contribution in [0, 0.1) is 0 Å². The second-order valence-corrected chi connectivity index (χ2v) is 3.83. The molecule has 15 heavy (non-hydrogen) atoms. The molecule has 0 bridgehead atoms. The first-order valence-electron chi connectivity index (χ1n) is 5.41. The molecule has 2 rings (SSSR count). The van der Waals surface area contributed by atoms with E-state index in [0.29, 0.717) is 6.54 Å². The lowest BCUT2D eigenvalue weighted by Crippen LogP contribution is -1.97. The Morgan fingerprint density at radius 2 is 2.20 bits per heavy atom. The summed E-state index contributed by atoms with van der Waals surface area (Å²) in [4.78, 5) is 4.66. The Balaban J connectivity index is 2.64. The van der Waals surface area contributed by atoms with E-state index in [2.05, 4.69) is 29.6 Å². The molecule has 2 N–H and O–H groups in total. The van der Waals surface area contributed by atoms with Gasteiger partial charge in [-0.25, -0.2) is 4.98 Å². The molecule has 80 valence electrons. The summed E-state index contributed by atoms with van der Waals surface area (Å²) in [6, 6.07) is 6.19. The van der Waals surface area contributed by atoms with Crippen molar-refractivity contribution in [1.29, 1.82) is 0 Å². The monoisotopic (exact) mass is 203 g/mol. The summed E-state index contributed by atoms with van der Waals surface area (Å²) in [5.74, 6) is 1.15. The maximum absolute atomic E-state index is 5.70. The van der Waals surface area contributed by atoms with E-state index in [1.165, 1.54) is 5.52 Å². The molecule has 0 radical (unpaired) electrons. The van der Waals surface area contributed by atoms with Crippen LogP contribution in [0.4, 0.5) is 0 Å². The first kappa shape index (κ1) is 10.2. The van der Waals surface area contributed by atoms with Crippen molar-refractivity contribution in [2.45, 2.75) is 26.3 Å². The van der Waals surface area contributed by atoms with E-state index in [4.69, 9.17) is 5.73 Å². The Kier molecular flexibility index (Phi) is 2.73. The van der Waals surface area contributed by atoms with E-state index in [9.17, 15) is 0 Å². The third-order valence-corrected chi connectivity index (χ3v) is 2.78. The standard InChI is InChI=1S/C12H17N3/c1-3-5-11-14-12-9(8-13)6-4-7-10(12)15(11)2/h4,6-7H,3,5,8,13H2,1-2H3. The molecule has 0 fully saturated rings. The molecule has 0 amide bonds. The van der Waals surface area contributed by atoms with Gasteiger partial charge in [0.15, 0.2) is 0 Å². The quantitative estimate of drug-likeness (QED) is 0.829. The zero-order valence-corrected chi connectivity index (χ0v) is 9.33. The van der Waals surface area contributed by atoms with Crippen LogP contribution in [-0.2, 0) is 20.0 Å². The lowest BCUT2D eigenvalue weighted by atomic mass is 10.2. The van der Waals surface area contributed by atoms with Crippen LogP contribution in [0.2, 0.25) is 0 Å². The molecule has 3 nitrogen and oxygen atoms in total. The van der Waals surface area contributed by atoms with Crippen molar-refractivity contribution in [3.63, 3.8) is 0 Å². The van der Waals surface area contributed by atoms with E-state index in [-0.39, 0.29) is 0 Å². The second kappa shape index (κ2) is 4.03. The average Bonchev–Trinajstić information content (AvgIpc) is 2.57. The lowest BCUT2D eigenvalue weighted by Gasteiger charge is -2.00. The van der Waals surface area contributed by atoms with Crippen LogP contribution in [0.3, 0.4) is 0 Å². The molecule has 2 aromatic rings. The summed E-state index contributed by atoms with van der Waals surface area (Å²) in [7, 11) is 2.07. The molecule has 0 aliphatic rings. The summed E-state index contributed by atoms with van der Waals surface area (Å²) >= 11 is 0. The van der Waals surface area contributed by atoms with Gasteiger partial charge in [0.05, 0.1) is 11.0 Å². The van der Waals surface area contributed by atoms with E-state index >= 15 is 0 Å². The molecule has 0 aliphatic carbocycles. The van der Waals surface area contributed by atoms with Gasteiger partial charge in [0.1, 0.15) is 5.82 Å². The third kappa shape index (κ3) is 1.63. The number of benzene rings is 1. The Morgan fingerprint density at radius 3 is 2.87 bits per heavy atom. The van der Waals surface area contributed by atoms with Gasteiger partial charge in [-0.3, -0.25) is 0 Å². The fraction of sp³-hybridized carbons (Fsp3) is 0.417. The van der Waals surface area contributed by atoms with Crippen molar-refractivity contribution in [3.8, 4) is 0 Å². The van der Waals surface area contributed by atoms with E-state index < -0.39 is 0 Å². The summed E-state index contributed by atoms with van der Waals surface area (Å²) in [6.07, 6.45) is 2.14.